The summed E-state index contributed by atoms with van der Waals surface area (Å²) in [6.45, 7) is 4.09. The van der Waals surface area contributed by atoms with Gasteiger partial charge in [0.05, 0.1) is 6.20 Å². The van der Waals surface area contributed by atoms with Gasteiger partial charge in [-0.05, 0) is 43.7 Å². The zero-order chi connectivity index (χ0) is 21.1. The van der Waals surface area contributed by atoms with Crippen LogP contribution in [0, 0.1) is 0 Å². The van der Waals surface area contributed by atoms with Crippen molar-refractivity contribution in [1.82, 2.24) is 29.5 Å². The van der Waals surface area contributed by atoms with Crippen LogP contribution < -0.4 is 10.6 Å². The molecule has 0 aliphatic rings. The molecule has 2 amide bonds. The van der Waals surface area contributed by atoms with Crippen LogP contribution in [0.4, 0.5) is 16.3 Å². The van der Waals surface area contributed by atoms with E-state index in [4.69, 9.17) is 0 Å². The van der Waals surface area contributed by atoms with Gasteiger partial charge in [-0.2, -0.15) is 5.10 Å². The Hall–Kier alpha value is -4.01. The monoisotopic (exact) mass is 402 g/mol. The van der Waals surface area contributed by atoms with Crippen LogP contribution in [0.1, 0.15) is 19.9 Å². The van der Waals surface area contributed by atoms with Gasteiger partial charge in [0.1, 0.15) is 17.8 Å². The molecule has 0 saturated carbocycles. The maximum absolute atomic E-state index is 12.4. The molecular formula is C21H22N8O. The number of nitrogens with zero attached hydrogens (tertiary/aromatic N) is 6. The number of carbonyl (C=O) groups excluding carboxylic acids is 1. The molecule has 30 heavy (non-hydrogen) atoms. The van der Waals surface area contributed by atoms with Crippen LogP contribution in [0.5, 0.6) is 0 Å². The summed E-state index contributed by atoms with van der Waals surface area (Å²) >= 11 is 0. The van der Waals surface area contributed by atoms with E-state index in [1.807, 2.05) is 68.1 Å². The fourth-order valence-corrected chi connectivity index (χ4v) is 3.03. The third-order valence-electron chi connectivity index (χ3n) is 4.53. The first-order valence-corrected chi connectivity index (χ1v) is 9.53. The van der Waals surface area contributed by atoms with Gasteiger partial charge >= 0.3 is 6.03 Å². The van der Waals surface area contributed by atoms with Crippen LogP contribution in [0.2, 0.25) is 0 Å². The number of rotatable bonds is 5. The molecule has 0 aliphatic heterocycles. The van der Waals surface area contributed by atoms with Crippen molar-refractivity contribution in [3.05, 3.63) is 61.2 Å². The molecule has 0 unspecified atom stereocenters. The number of anilines is 2. The third kappa shape index (κ3) is 4.19. The molecule has 0 fully saturated rings. The molecule has 9 nitrogen and oxygen atoms in total. The molecule has 2 N–H and O–H groups in total. The van der Waals surface area contributed by atoms with E-state index in [0.717, 1.165) is 11.1 Å². The minimum Gasteiger partial charge on any atom is -0.310 e. The highest BCUT2D eigenvalue weighted by atomic mass is 16.2. The lowest BCUT2D eigenvalue weighted by Crippen LogP contribution is -2.20. The van der Waals surface area contributed by atoms with Crippen LogP contribution in [-0.2, 0) is 7.05 Å². The molecule has 0 aliphatic carbocycles. The largest absolute Gasteiger partial charge is 0.324 e. The number of carbonyl (C=O) groups is 1. The third-order valence-corrected chi connectivity index (χ3v) is 4.53. The molecule has 4 aromatic rings. The number of aromatic nitrogens is 6. The number of pyridine rings is 1. The summed E-state index contributed by atoms with van der Waals surface area (Å²) in [7, 11) is 1.87. The molecule has 0 radical (unpaired) electrons. The van der Waals surface area contributed by atoms with Crippen molar-refractivity contribution < 1.29 is 4.79 Å². The van der Waals surface area contributed by atoms with E-state index >= 15 is 0 Å². The number of amides is 2. The SMILES string of the molecule is CC(C)n1cnnc1-c1cccc(NC(=O)Nc2ccc(-c3cnn(C)c3)cc2)n1. The fraction of sp³-hybridized carbons (Fsp3) is 0.190. The lowest BCUT2D eigenvalue weighted by molar-refractivity contribution is 0.262. The molecule has 0 spiro atoms. The Kier molecular flexibility index (Phi) is 5.25. The average Bonchev–Trinajstić information content (AvgIpc) is 3.38. The molecule has 4 rings (SSSR count). The Bertz CT molecular complexity index is 1160. The van der Waals surface area contributed by atoms with Crippen LogP contribution in [-0.4, -0.2) is 35.6 Å². The van der Waals surface area contributed by atoms with Crippen molar-refractivity contribution in [2.75, 3.05) is 10.6 Å². The molecule has 0 saturated heterocycles. The number of aryl methyl sites for hydroxylation is 1. The Labute approximate surface area is 173 Å². The zero-order valence-corrected chi connectivity index (χ0v) is 16.9. The van der Waals surface area contributed by atoms with Gasteiger partial charge in [-0.15, -0.1) is 10.2 Å². The second kappa shape index (κ2) is 8.16. The number of hydrogen-bond donors (Lipinski definition) is 2. The van der Waals surface area contributed by atoms with Gasteiger partial charge < -0.3 is 9.88 Å². The minimum absolute atomic E-state index is 0.200. The summed E-state index contributed by atoms with van der Waals surface area (Å²) in [5, 5.41) is 17.9. The topological polar surface area (TPSA) is 103 Å². The summed E-state index contributed by atoms with van der Waals surface area (Å²) in [6, 6.07) is 12.8. The Morgan fingerprint density at radius 1 is 1.03 bits per heavy atom. The summed E-state index contributed by atoms with van der Waals surface area (Å²) in [6.07, 6.45) is 5.41. The highest BCUT2D eigenvalue weighted by Crippen LogP contribution is 2.22. The number of hydrogen-bond acceptors (Lipinski definition) is 5. The van der Waals surface area contributed by atoms with Crippen molar-refractivity contribution >= 4 is 17.5 Å². The van der Waals surface area contributed by atoms with E-state index in [1.54, 1.807) is 23.3 Å². The molecule has 3 heterocycles. The quantitative estimate of drug-likeness (QED) is 0.526. The van der Waals surface area contributed by atoms with E-state index in [1.165, 1.54) is 0 Å². The Morgan fingerprint density at radius 3 is 2.53 bits per heavy atom. The van der Waals surface area contributed by atoms with Gasteiger partial charge in [-0.1, -0.05) is 18.2 Å². The first kappa shape index (κ1) is 19.3. The maximum atomic E-state index is 12.4. The van der Waals surface area contributed by atoms with Crippen LogP contribution in [0.3, 0.4) is 0 Å². The van der Waals surface area contributed by atoms with Crippen LogP contribution >= 0.6 is 0 Å². The van der Waals surface area contributed by atoms with Gasteiger partial charge in [0.2, 0.25) is 0 Å². The van der Waals surface area contributed by atoms with Gasteiger partial charge in [0.25, 0.3) is 0 Å². The summed E-state index contributed by atoms with van der Waals surface area (Å²) in [4.78, 5) is 16.9. The molecule has 0 atom stereocenters. The van der Waals surface area contributed by atoms with E-state index < -0.39 is 0 Å². The van der Waals surface area contributed by atoms with Gasteiger partial charge in [0, 0.05) is 30.5 Å². The summed E-state index contributed by atoms with van der Waals surface area (Å²) < 4.78 is 3.68. The zero-order valence-electron chi connectivity index (χ0n) is 16.9. The lowest BCUT2D eigenvalue weighted by Gasteiger charge is -2.11. The Morgan fingerprint density at radius 2 is 1.83 bits per heavy atom. The summed E-state index contributed by atoms with van der Waals surface area (Å²) in [5.41, 5.74) is 3.36. The van der Waals surface area contributed by atoms with Crippen LogP contribution in [0.15, 0.2) is 61.2 Å². The van der Waals surface area contributed by atoms with Crippen molar-refractivity contribution in [3.63, 3.8) is 0 Å². The van der Waals surface area contributed by atoms with Crippen LogP contribution in [0.25, 0.3) is 22.6 Å². The highest BCUT2D eigenvalue weighted by Gasteiger charge is 2.12. The normalized spacial score (nSPS) is 10.9. The van der Waals surface area contributed by atoms with Gasteiger partial charge in [0.15, 0.2) is 5.82 Å². The smallest absolute Gasteiger partial charge is 0.310 e. The number of benzene rings is 1. The lowest BCUT2D eigenvalue weighted by atomic mass is 10.1. The van der Waals surface area contributed by atoms with Crippen molar-refractivity contribution in [1.29, 1.82) is 0 Å². The van der Waals surface area contributed by atoms with Crippen molar-refractivity contribution in [2.45, 2.75) is 19.9 Å². The van der Waals surface area contributed by atoms with E-state index in [0.29, 0.717) is 23.0 Å². The standard InChI is InChI=1S/C21H22N8O/c1-14(2)29-13-22-27-20(29)18-5-4-6-19(25-18)26-21(30)24-17-9-7-15(8-10-17)16-11-23-28(3)12-16/h4-14H,1-3H3,(H2,24,25,26,30). The molecule has 9 heteroatoms. The molecule has 3 aromatic heterocycles. The molecule has 1 aromatic carbocycles. The predicted molar refractivity (Wildman–Crippen MR) is 115 cm³/mol. The first-order chi connectivity index (χ1) is 14.5. The van der Waals surface area contributed by atoms with Gasteiger partial charge in [-0.25, -0.2) is 9.78 Å². The second-order valence-corrected chi connectivity index (χ2v) is 7.12. The molecular weight excluding hydrogens is 380 g/mol. The maximum Gasteiger partial charge on any atom is 0.324 e. The molecule has 152 valence electrons. The first-order valence-electron chi connectivity index (χ1n) is 9.53. The summed E-state index contributed by atoms with van der Waals surface area (Å²) in [5.74, 6) is 1.08. The number of nitrogens with one attached hydrogen (secondary N) is 2. The fourth-order valence-electron chi connectivity index (χ4n) is 3.03. The van der Waals surface area contributed by atoms with Crippen molar-refractivity contribution in [3.8, 4) is 22.6 Å². The minimum atomic E-state index is -0.376. The van der Waals surface area contributed by atoms with E-state index in [9.17, 15) is 4.79 Å². The molecule has 0 bridgehead atoms. The van der Waals surface area contributed by atoms with E-state index in [2.05, 4.69) is 30.9 Å². The number of urea groups is 1. The second-order valence-electron chi connectivity index (χ2n) is 7.12. The highest BCUT2D eigenvalue weighted by molar-refractivity contribution is 5.99. The average molecular weight is 402 g/mol. The Balaban J connectivity index is 1.44. The van der Waals surface area contributed by atoms with Crippen molar-refractivity contribution in [2.24, 2.45) is 7.05 Å². The predicted octanol–water partition coefficient (Wildman–Crippen LogP) is 3.97. The van der Waals surface area contributed by atoms with E-state index in [-0.39, 0.29) is 12.1 Å². The van der Waals surface area contributed by atoms with Gasteiger partial charge in [-0.3, -0.25) is 10.00 Å².